The van der Waals surface area contributed by atoms with Crippen molar-refractivity contribution in [1.29, 1.82) is 0 Å². The Bertz CT molecular complexity index is 398. The van der Waals surface area contributed by atoms with E-state index >= 15 is 0 Å². The first-order valence-electron chi connectivity index (χ1n) is 5.31. The van der Waals surface area contributed by atoms with Crippen molar-refractivity contribution in [3.8, 4) is 5.75 Å². The standard InChI is InChI=1S/C13H19NOS/c1-8-7-9(2)11(4)12(10(8)3)15-13(16)14(5)6/h7H,1-6H3. The van der Waals surface area contributed by atoms with Gasteiger partial charge in [0.2, 0.25) is 0 Å². The van der Waals surface area contributed by atoms with Crippen molar-refractivity contribution in [2.45, 2.75) is 27.7 Å². The molecule has 0 aliphatic heterocycles. The second kappa shape index (κ2) is 4.83. The van der Waals surface area contributed by atoms with Crippen LogP contribution in [0.25, 0.3) is 0 Å². The SMILES string of the molecule is Cc1cc(C)c(C)c(OC(=S)N(C)C)c1C. The van der Waals surface area contributed by atoms with Gasteiger partial charge in [0.05, 0.1) is 0 Å². The first-order valence-corrected chi connectivity index (χ1v) is 5.72. The fourth-order valence-electron chi connectivity index (χ4n) is 1.51. The number of rotatable bonds is 1. The lowest BCUT2D eigenvalue weighted by molar-refractivity contribution is 0.444. The summed E-state index contributed by atoms with van der Waals surface area (Å²) in [5, 5.41) is 0.496. The number of ether oxygens (including phenoxy) is 1. The number of nitrogens with zero attached hydrogens (tertiary/aromatic N) is 1. The maximum Gasteiger partial charge on any atom is 0.264 e. The fourth-order valence-corrected chi connectivity index (χ4v) is 1.60. The third-order valence-corrected chi connectivity index (χ3v) is 3.30. The van der Waals surface area contributed by atoms with E-state index in [1.165, 1.54) is 11.1 Å². The summed E-state index contributed by atoms with van der Waals surface area (Å²) >= 11 is 5.17. The highest BCUT2D eigenvalue weighted by Crippen LogP contribution is 2.29. The molecule has 1 rings (SSSR count). The zero-order chi connectivity index (χ0) is 12.5. The monoisotopic (exact) mass is 237 g/mol. The van der Waals surface area contributed by atoms with Gasteiger partial charge in [-0.1, -0.05) is 6.07 Å². The quantitative estimate of drug-likeness (QED) is 0.696. The highest BCUT2D eigenvalue weighted by molar-refractivity contribution is 7.80. The van der Waals surface area contributed by atoms with E-state index in [0.717, 1.165) is 16.9 Å². The summed E-state index contributed by atoms with van der Waals surface area (Å²) in [5.41, 5.74) is 4.79. The summed E-state index contributed by atoms with van der Waals surface area (Å²) in [6.07, 6.45) is 0. The summed E-state index contributed by atoms with van der Waals surface area (Å²) in [6.45, 7) is 8.31. The number of thiocarbonyl (C=S) groups is 1. The average molecular weight is 237 g/mol. The van der Waals surface area contributed by atoms with Crippen LogP contribution in [0.2, 0.25) is 0 Å². The molecule has 0 aromatic heterocycles. The first kappa shape index (κ1) is 13.0. The lowest BCUT2D eigenvalue weighted by atomic mass is 10.0. The van der Waals surface area contributed by atoms with Crippen molar-refractivity contribution in [3.63, 3.8) is 0 Å². The van der Waals surface area contributed by atoms with Gasteiger partial charge in [-0.2, -0.15) is 0 Å². The molecule has 3 heteroatoms. The van der Waals surface area contributed by atoms with Gasteiger partial charge in [-0.15, -0.1) is 0 Å². The second-order valence-corrected chi connectivity index (χ2v) is 4.70. The normalized spacial score (nSPS) is 10.1. The highest BCUT2D eigenvalue weighted by atomic mass is 32.1. The lowest BCUT2D eigenvalue weighted by Crippen LogP contribution is -2.25. The number of benzene rings is 1. The molecule has 16 heavy (non-hydrogen) atoms. The molecule has 1 aromatic rings. The Morgan fingerprint density at radius 2 is 1.50 bits per heavy atom. The Hall–Kier alpha value is -1.09. The largest absolute Gasteiger partial charge is 0.431 e. The lowest BCUT2D eigenvalue weighted by Gasteiger charge is -2.19. The van der Waals surface area contributed by atoms with Gasteiger partial charge in [0.1, 0.15) is 5.75 Å². The van der Waals surface area contributed by atoms with Crippen molar-refractivity contribution in [3.05, 3.63) is 28.3 Å². The minimum Gasteiger partial charge on any atom is -0.431 e. The minimum absolute atomic E-state index is 0.496. The van der Waals surface area contributed by atoms with Crippen molar-refractivity contribution >= 4 is 17.4 Å². The van der Waals surface area contributed by atoms with Crippen LogP contribution in [-0.2, 0) is 0 Å². The van der Waals surface area contributed by atoms with Crippen LogP contribution in [0, 0.1) is 27.7 Å². The Kier molecular flexibility index (Phi) is 3.92. The smallest absolute Gasteiger partial charge is 0.264 e. The van der Waals surface area contributed by atoms with Crippen molar-refractivity contribution in [2.75, 3.05) is 14.1 Å². The van der Waals surface area contributed by atoms with E-state index < -0.39 is 0 Å². The van der Waals surface area contributed by atoms with E-state index in [1.54, 1.807) is 4.90 Å². The van der Waals surface area contributed by atoms with Gasteiger partial charge >= 0.3 is 0 Å². The van der Waals surface area contributed by atoms with Crippen LogP contribution in [0.1, 0.15) is 22.3 Å². The molecule has 0 saturated heterocycles. The molecule has 0 spiro atoms. The zero-order valence-corrected chi connectivity index (χ0v) is 11.7. The summed E-state index contributed by atoms with van der Waals surface area (Å²) in [4.78, 5) is 1.80. The molecule has 0 aliphatic carbocycles. The summed E-state index contributed by atoms with van der Waals surface area (Å²) in [5.74, 6) is 0.899. The van der Waals surface area contributed by atoms with Crippen LogP contribution in [0.5, 0.6) is 5.75 Å². The zero-order valence-electron chi connectivity index (χ0n) is 10.8. The van der Waals surface area contributed by atoms with Gasteiger partial charge < -0.3 is 9.64 Å². The van der Waals surface area contributed by atoms with E-state index in [4.69, 9.17) is 17.0 Å². The Balaban J connectivity index is 3.18. The summed E-state index contributed by atoms with van der Waals surface area (Å²) < 4.78 is 5.76. The summed E-state index contributed by atoms with van der Waals surface area (Å²) in [6, 6.07) is 2.18. The van der Waals surface area contributed by atoms with Gasteiger partial charge in [0.25, 0.3) is 5.17 Å². The van der Waals surface area contributed by atoms with Crippen LogP contribution in [0.4, 0.5) is 0 Å². The Morgan fingerprint density at radius 1 is 1.06 bits per heavy atom. The fraction of sp³-hybridized carbons (Fsp3) is 0.462. The van der Waals surface area contributed by atoms with E-state index in [9.17, 15) is 0 Å². The average Bonchev–Trinajstić information content (AvgIpc) is 2.21. The maximum atomic E-state index is 5.76. The van der Waals surface area contributed by atoms with Gasteiger partial charge in [-0.3, -0.25) is 0 Å². The number of hydrogen-bond donors (Lipinski definition) is 0. The molecular weight excluding hydrogens is 218 g/mol. The predicted molar refractivity (Wildman–Crippen MR) is 72.3 cm³/mol. The van der Waals surface area contributed by atoms with Crippen LogP contribution in [-0.4, -0.2) is 24.2 Å². The summed E-state index contributed by atoms with van der Waals surface area (Å²) in [7, 11) is 3.77. The molecule has 0 fully saturated rings. The third kappa shape index (κ3) is 2.53. The highest BCUT2D eigenvalue weighted by Gasteiger charge is 2.12. The van der Waals surface area contributed by atoms with E-state index in [0.29, 0.717) is 5.17 Å². The Morgan fingerprint density at radius 3 is 1.88 bits per heavy atom. The van der Waals surface area contributed by atoms with Crippen molar-refractivity contribution in [1.82, 2.24) is 4.90 Å². The molecule has 0 N–H and O–H groups in total. The topological polar surface area (TPSA) is 12.5 Å². The molecule has 0 radical (unpaired) electrons. The van der Waals surface area contributed by atoms with Gasteiger partial charge in [0.15, 0.2) is 0 Å². The van der Waals surface area contributed by atoms with Crippen LogP contribution in [0.15, 0.2) is 6.07 Å². The van der Waals surface area contributed by atoms with E-state index in [2.05, 4.69) is 33.8 Å². The molecule has 2 nitrogen and oxygen atoms in total. The molecule has 0 atom stereocenters. The molecule has 0 bridgehead atoms. The maximum absolute atomic E-state index is 5.76. The number of aryl methyl sites for hydroxylation is 2. The predicted octanol–water partition coefficient (Wildman–Crippen LogP) is 3.15. The van der Waals surface area contributed by atoms with Crippen LogP contribution in [0.3, 0.4) is 0 Å². The number of hydrogen-bond acceptors (Lipinski definition) is 2. The molecule has 0 unspecified atom stereocenters. The van der Waals surface area contributed by atoms with Crippen LogP contribution >= 0.6 is 12.2 Å². The second-order valence-electron chi connectivity index (χ2n) is 4.35. The van der Waals surface area contributed by atoms with Gasteiger partial charge in [-0.25, -0.2) is 0 Å². The van der Waals surface area contributed by atoms with Gasteiger partial charge in [-0.05, 0) is 62.2 Å². The van der Waals surface area contributed by atoms with Crippen molar-refractivity contribution in [2.24, 2.45) is 0 Å². The first-order chi connectivity index (χ1) is 7.34. The minimum atomic E-state index is 0.496. The molecule has 0 heterocycles. The Labute approximate surface area is 103 Å². The molecule has 0 aliphatic rings. The van der Waals surface area contributed by atoms with Crippen LogP contribution < -0.4 is 4.74 Å². The molecule has 1 aromatic carbocycles. The molecule has 0 amide bonds. The van der Waals surface area contributed by atoms with Crippen molar-refractivity contribution < 1.29 is 4.74 Å². The molecule has 88 valence electrons. The van der Waals surface area contributed by atoms with E-state index in [1.807, 2.05) is 14.1 Å². The molecule has 0 saturated carbocycles. The molecular formula is C13H19NOS. The van der Waals surface area contributed by atoms with Gasteiger partial charge in [0, 0.05) is 14.1 Å². The van der Waals surface area contributed by atoms with E-state index in [-0.39, 0.29) is 0 Å². The third-order valence-electron chi connectivity index (χ3n) is 2.85.